The van der Waals surface area contributed by atoms with Crippen LogP contribution in [-0.2, 0) is 26.7 Å². The topological polar surface area (TPSA) is 100 Å². The largest absolute Gasteiger partial charge is 2.00 e. The van der Waals surface area contributed by atoms with E-state index in [9.17, 15) is 19.8 Å². The Bertz CT molecular complexity index is 542. The molecule has 0 aromatic carbocycles. The summed E-state index contributed by atoms with van der Waals surface area (Å²) < 4.78 is 0. The number of carbonyl (C=O) groups excluding carboxylic acids is 2. The number of aliphatic hydroxyl groups is 1. The summed E-state index contributed by atoms with van der Waals surface area (Å²) in [7, 11) is 0. The molecule has 0 amide bonds. The van der Waals surface area contributed by atoms with Gasteiger partial charge in [0.25, 0.3) is 0 Å². The monoisotopic (exact) mass is 671 g/mol. The Hall–Kier alpha value is -1.10. The van der Waals surface area contributed by atoms with Crippen molar-refractivity contribution < 1.29 is 42.0 Å². The number of hydrogen-bond acceptors (Lipinski definition) is 5. The number of aliphatic carboxylic acids is 2. The summed E-state index contributed by atoms with van der Waals surface area (Å²) in [6, 6.07) is 0. The van der Waals surface area contributed by atoms with Crippen molar-refractivity contribution in [2.75, 3.05) is 6.61 Å². The first-order valence-electron chi connectivity index (χ1n) is 18.3. The first-order valence-corrected chi connectivity index (χ1v) is 18.3. The van der Waals surface area contributed by atoms with Crippen LogP contribution in [0.25, 0.3) is 0 Å². The van der Waals surface area contributed by atoms with Crippen LogP contribution in [0.5, 0.6) is 0 Å². The van der Waals surface area contributed by atoms with Crippen LogP contribution in [0.4, 0.5) is 0 Å². The van der Waals surface area contributed by atoms with Gasteiger partial charge in [0.1, 0.15) is 0 Å². The van der Waals surface area contributed by atoms with Crippen LogP contribution in [0.15, 0.2) is 24.3 Å². The molecule has 0 aliphatic rings. The van der Waals surface area contributed by atoms with Crippen molar-refractivity contribution in [1.29, 1.82) is 0 Å². The Kier molecular flexibility index (Phi) is 55.2. The smallest absolute Gasteiger partial charge is 0.550 e. The molecule has 0 spiro atoms. The second-order valence-corrected chi connectivity index (χ2v) is 11.7. The van der Waals surface area contributed by atoms with E-state index in [2.05, 4.69) is 38.2 Å². The fourth-order valence-electron chi connectivity index (χ4n) is 4.68. The molecule has 6 heteroatoms. The van der Waals surface area contributed by atoms with Gasteiger partial charge >= 0.3 is 17.1 Å². The summed E-state index contributed by atoms with van der Waals surface area (Å²) in [5, 5.41) is 28.0. The summed E-state index contributed by atoms with van der Waals surface area (Å²) in [6.45, 7) is 6.44. The molecular weight excluding hydrogens is 600 g/mol. The number of unbranched alkanes of at least 4 members (excludes halogenated alkanes) is 22. The molecule has 1 radical (unpaired) electrons. The third kappa shape index (κ3) is 60.2. The number of carbonyl (C=O) groups is 2. The average Bonchev–Trinajstić information content (AvgIpc) is 2.97. The van der Waals surface area contributed by atoms with Crippen LogP contribution in [0.2, 0.25) is 0 Å². The van der Waals surface area contributed by atoms with E-state index in [1.807, 2.05) is 0 Å². The van der Waals surface area contributed by atoms with Gasteiger partial charge in [0, 0.05) is 18.5 Å². The molecule has 0 aliphatic heterocycles. The van der Waals surface area contributed by atoms with Gasteiger partial charge in [0.15, 0.2) is 0 Å². The van der Waals surface area contributed by atoms with E-state index in [-0.39, 0.29) is 36.5 Å². The summed E-state index contributed by atoms with van der Waals surface area (Å²) >= 11 is 0. The van der Waals surface area contributed by atoms with Gasteiger partial charge in [-0.15, -0.1) is 0 Å². The minimum absolute atomic E-state index is 0. The van der Waals surface area contributed by atoms with Crippen molar-refractivity contribution in [2.45, 2.75) is 201 Å². The molecule has 0 saturated heterocycles. The molecule has 0 aromatic heterocycles. The van der Waals surface area contributed by atoms with E-state index in [0.29, 0.717) is 0 Å². The molecule has 0 atom stereocenters. The van der Waals surface area contributed by atoms with Crippen molar-refractivity contribution in [1.82, 2.24) is 0 Å². The van der Waals surface area contributed by atoms with Crippen molar-refractivity contribution in [3.63, 3.8) is 0 Å². The number of carboxylic acids is 2. The van der Waals surface area contributed by atoms with Crippen molar-refractivity contribution in [2.24, 2.45) is 0 Å². The molecule has 0 aliphatic carbocycles. The Morgan fingerprint density at radius 3 is 0.864 bits per heavy atom. The maximum absolute atomic E-state index is 10.2. The standard InChI is InChI=1S/2C18H34O2.C2H6O.Cu/c2*1-2-3-4-5-6-7-8-9-10-11-12-13-14-15-16-17-18(19)20;1-2-3;/h2*9-10H,2-8,11-17H2,1H3,(H,19,20);3H,2H2,1H3;/q;;;+2/p-2/b2*10-9-;;. The molecule has 0 heterocycles. The number of hydrogen-bond donors (Lipinski definition) is 1. The van der Waals surface area contributed by atoms with E-state index < -0.39 is 11.9 Å². The van der Waals surface area contributed by atoms with Crippen LogP contribution < -0.4 is 10.2 Å². The number of rotatable bonds is 30. The van der Waals surface area contributed by atoms with Crippen LogP contribution >= 0.6 is 0 Å². The maximum atomic E-state index is 10.2. The summed E-state index contributed by atoms with van der Waals surface area (Å²) in [5.41, 5.74) is 0. The predicted octanol–water partition coefficient (Wildman–Crippen LogP) is 9.54. The van der Waals surface area contributed by atoms with Crippen LogP contribution in [-0.4, -0.2) is 23.7 Å². The average molecular weight is 673 g/mol. The van der Waals surface area contributed by atoms with Crippen molar-refractivity contribution in [3.8, 4) is 0 Å². The zero-order valence-corrected chi connectivity index (χ0v) is 30.1. The second kappa shape index (κ2) is 48.8. The number of allylic oxidation sites excluding steroid dienone is 4. The van der Waals surface area contributed by atoms with Gasteiger partial charge in [-0.05, 0) is 84.0 Å². The van der Waals surface area contributed by atoms with Crippen LogP contribution in [0.1, 0.15) is 201 Å². The van der Waals surface area contributed by atoms with Crippen LogP contribution in [0.3, 0.4) is 0 Å². The molecule has 0 aromatic rings. The second-order valence-electron chi connectivity index (χ2n) is 11.7. The summed E-state index contributed by atoms with van der Waals surface area (Å²) in [5.74, 6) is -1.83. The van der Waals surface area contributed by atoms with Gasteiger partial charge in [-0.25, -0.2) is 0 Å². The van der Waals surface area contributed by atoms with Gasteiger partial charge in [0.2, 0.25) is 0 Å². The normalized spacial score (nSPS) is 10.6. The molecule has 44 heavy (non-hydrogen) atoms. The first-order chi connectivity index (χ1) is 21.0. The molecule has 1 N–H and O–H groups in total. The van der Waals surface area contributed by atoms with Crippen molar-refractivity contribution in [3.05, 3.63) is 24.3 Å². The fraction of sp³-hybridized carbons (Fsp3) is 0.842. The van der Waals surface area contributed by atoms with Gasteiger partial charge in [-0.1, -0.05) is 141 Å². The molecule has 0 rings (SSSR count). The summed E-state index contributed by atoms with van der Waals surface area (Å²) in [4.78, 5) is 20.4. The molecule has 0 fully saturated rings. The molecule has 0 unspecified atom stereocenters. The fourth-order valence-corrected chi connectivity index (χ4v) is 4.68. The van der Waals surface area contributed by atoms with E-state index in [0.717, 1.165) is 38.5 Å². The van der Waals surface area contributed by atoms with E-state index >= 15 is 0 Å². The number of carboxylic acid groups (broad SMARTS) is 2. The maximum Gasteiger partial charge on any atom is 2.00 e. The van der Waals surface area contributed by atoms with Crippen LogP contribution in [0, 0.1) is 0 Å². The van der Waals surface area contributed by atoms with Gasteiger partial charge in [0.05, 0.1) is 0 Å². The predicted molar refractivity (Wildman–Crippen MR) is 182 cm³/mol. The minimum Gasteiger partial charge on any atom is -0.550 e. The minimum atomic E-state index is -0.914. The van der Waals surface area contributed by atoms with Gasteiger partial charge in [-0.3, -0.25) is 0 Å². The summed E-state index contributed by atoms with van der Waals surface area (Å²) in [6.07, 6.45) is 41.8. The SMILES string of the molecule is CCCCCCCC/C=C\CCCCCCCC(=O)[O-].CCCCCCCC/C=C\CCCCCCCC(=O)[O-].CCO.[Cu+2]. The first kappa shape index (κ1) is 49.8. The van der Waals surface area contributed by atoms with E-state index in [1.165, 1.54) is 128 Å². The van der Waals surface area contributed by atoms with Gasteiger partial charge in [-0.2, -0.15) is 0 Å². The third-order valence-corrected chi connectivity index (χ3v) is 7.29. The Labute approximate surface area is 284 Å². The zero-order chi connectivity index (χ0) is 32.5. The Balaban J connectivity index is -0.000000326. The Morgan fingerprint density at radius 1 is 0.432 bits per heavy atom. The van der Waals surface area contributed by atoms with E-state index in [4.69, 9.17) is 5.11 Å². The molecule has 0 saturated carbocycles. The molecule has 0 bridgehead atoms. The zero-order valence-electron chi connectivity index (χ0n) is 29.2. The van der Waals surface area contributed by atoms with E-state index in [1.54, 1.807) is 6.92 Å². The van der Waals surface area contributed by atoms with Crippen molar-refractivity contribution >= 4 is 11.9 Å². The molecular formula is C38H72CuO5. The third-order valence-electron chi connectivity index (χ3n) is 7.29. The Morgan fingerprint density at radius 2 is 0.636 bits per heavy atom. The van der Waals surface area contributed by atoms with Gasteiger partial charge < -0.3 is 24.9 Å². The quantitative estimate of drug-likeness (QED) is 0.0466. The number of aliphatic hydroxyl groups excluding tert-OH is 1. The molecule has 5 nitrogen and oxygen atoms in total. The molecule has 265 valence electrons.